The smallest absolute Gasteiger partial charge is 0.276 e. The van der Waals surface area contributed by atoms with E-state index in [1.165, 1.54) is 0 Å². The molecule has 0 bridgehead atoms. The second-order valence-electron chi connectivity index (χ2n) is 7.12. The average molecular weight is 468 g/mol. The summed E-state index contributed by atoms with van der Waals surface area (Å²) >= 11 is 7.95. The Morgan fingerprint density at radius 2 is 2.12 bits per heavy atom. The molecule has 0 aliphatic rings. The van der Waals surface area contributed by atoms with E-state index in [1.807, 2.05) is 28.4 Å². The lowest BCUT2D eigenvalue weighted by Gasteiger charge is -2.17. The molecule has 3 aromatic heterocycles. The Kier molecular flexibility index (Phi) is 5.62. The van der Waals surface area contributed by atoms with Gasteiger partial charge in [0.05, 0.1) is 57.3 Å². The number of fused-ring (bicyclic) bond motifs is 2. The van der Waals surface area contributed by atoms with Gasteiger partial charge in [-0.3, -0.25) is 19.4 Å². The maximum Gasteiger partial charge on any atom is 0.276 e. The summed E-state index contributed by atoms with van der Waals surface area (Å²) in [4.78, 5) is 26.1. The fraction of sp³-hybridized carbons (Fsp3) is 0.136. The zero-order valence-corrected chi connectivity index (χ0v) is 18.3. The van der Waals surface area contributed by atoms with Crippen molar-refractivity contribution in [3.05, 3.63) is 70.2 Å². The Bertz CT molecular complexity index is 1420. The lowest BCUT2D eigenvalue weighted by molar-refractivity contribution is 0.0168. The maximum absolute atomic E-state index is 12.1. The van der Waals surface area contributed by atoms with E-state index in [-0.39, 0.29) is 23.8 Å². The molecule has 0 unspecified atom stereocenters. The molecule has 0 saturated carbocycles. The molecule has 5 aromatic rings. The van der Waals surface area contributed by atoms with E-state index in [0.717, 1.165) is 38.2 Å². The fourth-order valence-corrected chi connectivity index (χ4v) is 4.43. The number of thiazole rings is 1. The van der Waals surface area contributed by atoms with Gasteiger partial charge in [0.15, 0.2) is 5.65 Å². The number of nitrogens with one attached hydrogen (secondary N) is 2. The predicted molar refractivity (Wildman–Crippen MR) is 124 cm³/mol. The number of hydroxylamine groups is 1. The number of benzene rings is 2. The van der Waals surface area contributed by atoms with Crippen LogP contribution in [0.15, 0.2) is 54.0 Å². The number of rotatable bonds is 7. The monoisotopic (exact) mass is 467 g/mol. The van der Waals surface area contributed by atoms with Crippen LogP contribution in [0.5, 0.6) is 0 Å². The number of pyridine rings is 1. The topological polar surface area (TPSA) is 105 Å². The third-order valence-corrected chi connectivity index (χ3v) is 6.09. The van der Waals surface area contributed by atoms with E-state index in [2.05, 4.69) is 27.7 Å². The Hall–Kier alpha value is -3.24. The molecule has 0 spiro atoms. The highest BCUT2D eigenvalue weighted by atomic mass is 35.5. The number of hydrogen-bond acceptors (Lipinski definition) is 6. The zero-order valence-electron chi connectivity index (χ0n) is 16.7. The van der Waals surface area contributed by atoms with Crippen LogP contribution in [-0.4, -0.2) is 44.0 Å². The van der Waals surface area contributed by atoms with Crippen molar-refractivity contribution in [2.75, 3.05) is 13.2 Å². The van der Waals surface area contributed by atoms with E-state index >= 15 is 0 Å². The molecule has 2 aromatic carbocycles. The Morgan fingerprint density at radius 1 is 1.22 bits per heavy atom. The molecule has 5 rings (SSSR count). The van der Waals surface area contributed by atoms with Gasteiger partial charge in [-0.05, 0) is 42.0 Å². The molecule has 0 radical (unpaired) electrons. The molecule has 32 heavy (non-hydrogen) atoms. The van der Waals surface area contributed by atoms with Crippen molar-refractivity contribution in [2.45, 2.75) is 6.54 Å². The molecular formula is C22H18ClN5O3S. The van der Waals surface area contributed by atoms with Crippen molar-refractivity contribution in [2.24, 2.45) is 0 Å². The molecule has 162 valence electrons. The van der Waals surface area contributed by atoms with Crippen LogP contribution in [-0.2, 0) is 11.4 Å². The molecule has 0 fully saturated rings. The lowest BCUT2D eigenvalue weighted by Crippen LogP contribution is -2.25. The standard InChI is InChI=1S/C22H18ClN5O3S/c23-16-10-14(2-3-15(16)22(30)27-31-8-7-29)17-5-6-19-21(25-17)28(26-19)11-13-1-4-18-20(9-13)32-12-24-18/h1-6,9-10,12,26,29H,7-8,11H2,(H,27,30). The molecule has 0 aliphatic heterocycles. The van der Waals surface area contributed by atoms with Crippen molar-refractivity contribution in [1.82, 2.24) is 25.2 Å². The number of H-pyrrole nitrogens is 1. The van der Waals surface area contributed by atoms with Crippen molar-refractivity contribution in [1.29, 1.82) is 0 Å². The van der Waals surface area contributed by atoms with Gasteiger partial charge in [-0.15, -0.1) is 11.3 Å². The second kappa shape index (κ2) is 8.71. The first kappa shape index (κ1) is 20.7. The molecule has 3 N–H and O–H groups in total. The SMILES string of the molecule is O=C(NOCCO)c1ccc(-c2ccc3[nH]n(Cc4ccc5ncsc5c4)c3n2)cc1Cl. The number of hydrogen-bond donors (Lipinski definition) is 3. The fourth-order valence-electron chi connectivity index (χ4n) is 3.42. The first-order chi connectivity index (χ1) is 15.6. The summed E-state index contributed by atoms with van der Waals surface area (Å²) in [6.07, 6.45) is 0. The van der Waals surface area contributed by atoms with Gasteiger partial charge >= 0.3 is 0 Å². The number of carbonyl (C=O) groups is 1. The first-order valence-corrected chi connectivity index (χ1v) is 11.1. The molecule has 10 heteroatoms. The molecule has 0 aliphatic carbocycles. The molecule has 0 atom stereocenters. The Balaban J connectivity index is 1.38. The lowest BCUT2D eigenvalue weighted by atomic mass is 10.1. The molecular weight excluding hydrogens is 450 g/mol. The van der Waals surface area contributed by atoms with E-state index in [0.29, 0.717) is 6.54 Å². The quantitative estimate of drug-likeness (QED) is 0.248. The van der Waals surface area contributed by atoms with Crippen LogP contribution in [0.2, 0.25) is 5.02 Å². The van der Waals surface area contributed by atoms with Gasteiger partial charge in [0, 0.05) is 5.56 Å². The third kappa shape index (κ3) is 3.98. The van der Waals surface area contributed by atoms with Gasteiger partial charge in [-0.25, -0.2) is 15.4 Å². The number of carbonyl (C=O) groups excluding carboxylic acids is 1. The largest absolute Gasteiger partial charge is 0.394 e. The summed E-state index contributed by atoms with van der Waals surface area (Å²) in [5.74, 6) is -0.478. The predicted octanol–water partition coefficient (Wildman–Crippen LogP) is 4.00. The van der Waals surface area contributed by atoms with Gasteiger partial charge in [0.2, 0.25) is 0 Å². The van der Waals surface area contributed by atoms with Crippen molar-refractivity contribution in [3.8, 4) is 11.3 Å². The minimum Gasteiger partial charge on any atom is -0.394 e. The highest BCUT2D eigenvalue weighted by Crippen LogP contribution is 2.27. The van der Waals surface area contributed by atoms with Crippen LogP contribution in [0, 0.1) is 0 Å². The van der Waals surface area contributed by atoms with Gasteiger partial charge in [0.25, 0.3) is 5.91 Å². The van der Waals surface area contributed by atoms with E-state index in [1.54, 1.807) is 29.5 Å². The molecule has 3 heterocycles. The number of aromatic amines is 1. The minimum absolute atomic E-state index is 0.00307. The highest BCUT2D eigenvalue weighted by molar-refractivity contribution is 7.16. The number of halogens is 1. The third-order valence-electron chi connectivity index (χ3n) is 4.99. The van der Waals surface area contributed by atoms with Crippen LogP contribution in [0.1, 0.15) is 15.9 Å². The summed E-state index contributed by atoms with van der Waals surface area (Å²) in [6, 6.07) is 15.2. The van der Waals surface area contributed by atoms with E-state index in [9.17, 15) is 4.79 Å². The first-order valence-electron chi connectivity index (χ1n) is 9.82. The summed E-state index contributed by atoms with van der Waals surface area (Å²) in [7, 11) is 0. The second-order valence-corrected chi connectivity index (χ2v) is 8.41. The summed E-state index contributed by atoms with van der Waals surface area (Å²) in [5, 5.41) is 12.3. The zero-order chi connectivity index (χ0) is 22.1. The average Bonchev–Trinajstić information content (AvgIpc) is 3.25. The van der Waals surface area contributed by atoms with Crippen LogP contribution in [0.4, 0.5) is 0 Å². The number of nitrogens with zero attached hydrogens (tertiary/aromatic N) is 3. The normalized spacial score (nSPS) is 11.4. The Morgan fingerprint density at radius 3 is 2.97 bits per heavy atom. The van der Waals surface area contributed by atoms with Crippen LogP contribution >= 0.6 is 22.9 Å². The van der Waals surface area contributed by atoms with Crippen LogP contribution in [0.25, 0.3) is 32.6 Å². The number of aliphatic hydroxyl groups excluding tert-OH is 1. The van der Waals surface area contributed by atoms with E-state index < -0.39 is 5.91 Å². The number of amides is 1. The summed E-state index contributed by atoms with van der Waals surface area (Å²) in [5.41, 5.74) is 9.89. The minimum atomic E-state index is -0.478. The van der Waals surface area contributed by atoms with Crippen molar-refractivity contribution in [3.63, 3.8) is 0 Å². The maximum atomic E-state index is 12.1. The molecule has 1 amide bonds. The highest BCUT2D eigenvalue weighted by Gasteiger charge is 2.14. The summed E-state index contributed by atoms with van der Waals surface area (Å²) < 4.78 is 3.15. The van der Waals surface area contributed by atoms with Gasteiger partial charge in [-0.2, -0.15) is 0 Å². The van der Waals surface area contributed by atoms with Crippen LogP contribution < -0.4 is 5.48 Å². The molecule has 8 nitrogen and oxygen atoms in total. The van der Waals surface area contributed by atoms with Crippen LogP contribution in [0.3, 0.4) is 0 Å². The van der Waals surface area contributed by atoms with Crippen molar-refractivity contribution < 1.29 is 14.7 Å². The summed E-state index contributed by atoms with van der Waals surface area (Å²) in [6.45, 7) is 0.483. The van der Waals surface area contributed by atoms with Gasteiger partial charge in [0.1, 0.15) is 0 Å². The number of aliphatic hydroxyl groups is 1. The Labute approximate surface area is 191 Å². The van der Waals surface area contributed by atoms with Gasteiger partial charge < -0.3 is 5.11 Å². The van der Waals surface area contributed by atoms with E-state index in [4.69, 9.17) is 26.5 Å². The van der Waals surface area contributed by atoms with Crippen molar-refractivity contribution >= 4 is 50.2 Å². The molecule has 0 saturated heterocycles. The number of aromatic nitrogens is 4. The van der Waals surface area contributed by atoms with Gasteiger partial charge in [-0.1, -0.05) is 23.7 Å².